The first-order valence-electron chi connectivity index (χ1n) is 6.45. The fraction of sp³-hybridized carbons (Fsp3) is 0.333. The van der Waals surface area contributed by atoms with Crippen molar-refractivity contribution in [1.29, 1.82) is 0 Å². The molecule has 1 aromatic carbocycles. The summed E-state index contributed by atoms with van der Waals surface area (Å²) in [6.07, 6.45) is 2.24. The van der Waals surface area contributed by atoms with Gasteiger partial charge in [-0.15, -0.1) is 0 Å². The van der Waals surface area contributed by atoms with Gasteiger partial charge in [0.25, 0.3) is 5.91 Å². The predicted octanol–water partition coefficient (Wildman–Crippen LogP) is 1.60. The van der Waals surface area contributed by atoms with Gasteiger partial charge in [-0.05, 0) is 44.8 Å². The molecule has 0 bridgehead atoms. The van der Waals surface area contributed by atoms with Crippen molar-refractivity contribution in [3.8, 4) is 0 Å². The van der Waals surface area contributed by atoms with Crippen molar-refractivity contribution in [2.24, 2.45) is 0 Å². The standard InChI is InChI=1S/C15H19FN2O3/c1-10(9-18(2)3)17-15(21)12-8-11(4-6-13(12)16)5-7-14(19)20/h4-8,10H,9H2,1-3H3,(H,17,21)(H,19,20)/b7-5+. The number of carbonyl (C=O) groups excluding carboxylic acids is 1. The monoisotopic (exact) mass is 294 g/mol. The number of rotatable bonds is 6. The van der Waals surface area contributed by atoms with Crippen LogP contribution in [0.5, 0.6) is 0 Å². The fourth-order valence-corrected chi connectivity index (χ4v) is 1.88. The molecule has 21 heavy (non-hydrogen) atoms. The molecule has 5 nitrogen and oxygen atoms in total. The summed E-state index contributed by atoms with van der Waals surface area (Å²) < 4.78 is 13.7. The largest absolute Gasteiger partial charge is 0.478 e. The van der Waals surface area contributed by atoms with Crippen LogP contribution in [-0.4, -0.2) is 48.6 Å². The Kier molecular flexibility index (Phi) is 6.05. The minimum absolute atomic E-state index is 0.104. The Morgan fingerprint density at radius 3 is 2.67 bits per heavy atom. The van der Waals surface area contributed by atoms with Crippen LogP contribution >= 0.6 is 0 Å². The average Bonchev–Trinajstić information content (AvgIpc) is 2.36. The van der Waals surface area contributed by atoms with Crippen molar-refractivity contribution in [3.05, 3.63) is 41.2 Å². The van der Waals surface area contributed by atoms with E-state index < -0.39 is 17.7 Å². The topological polar surface area (TPSA) is 69.6 Å². The van der Waals surface area contributed by atoms with Gasteiger partial charge < -0.3 is 15.3 Å². The first-order chi connectivity index (χ1) is 9.79. The highest BCUT2D eigenvalue weighted by atomic mass is 19.1. The molecule has 0 spiro atoms. The van der Waals surface area contributed by atoms with Crippen molar-refractivity contribution in [3.63, 3.8) is 0 Å². The molecule has 0 aromatic heterocycles. The number of benzene rings is 1. The zero-order chi connectivity index (χ0) is 16.0. The Balaban J connectivity index is 2.88. The predicted molar refractivity (Wildman–Crippen MR) is 78.6 cm³/mol. The molecule has 1 atom stereocenters. The molecule has 1 amide bonds. The molecule has 0 radical (unpaired) electrons. The van der Waals surface area contributed by atoms with Gasteiger partial charge in [-0.1, -0.05) is 6.07 Å². The van der Waals surface area contributed by atoms with Gasteiger partial charge >= 0.3 is 5.97 Å². The highest BCUT2D eigenvalue weighted by molar-refractivity contribution is 5.95. The van der Waals surface area contributed by atoms with Gasteiger partial charge in [0, 0.05) is 18.7 Å². The minimum atomic E-state index is -1.11. The van der Waals surface area contributed by atoms with Crippen LogP contribution in [0.25, 0.3) is 6.08 Å². The summed E-state index contributed by atoms with van der Waals surface area (Å²) in [4.78, 5) is 24.4. The third-order valence-corrected chi connectivity index (χ3v) is 2.67. The van der Waals surface area contributed by atoms with Crippen LogP contribution in [0.2, 0.25) is 0 Å². The molecule has 0 aliphatic rings. The van der Waals surface area contributed by atoms with Crippen LogP contribution in [-0.2, 0) is 4.79 Å². The van der Waals surface area contributed by atoms with Gasteiger partial charge in [-0.3, -0.25) is 4.79 Å². The number of carboxylic acids is 1. The van der Waals surface area contributed by atoms with Gasteiger partial charge in [0.15, 0.2) is 0 Å². The molecule has 0 aliphatic heterocycles. The molecule has 0 saturated carbocycles. The number of carbonyl (C=O) groups is 2. The van der Waals surface area contributed by atoms with Gasteiger partial charge in [-0.2, -0.15) is 0 Å². The number of hydrogen-bond donors (Lipinski definition) is 2. The summed E-state index contributed by atoms with van der Waals surface area (Å²) >= 11 is 0. The van der Waals surface area contributed by atoms with E-state index in [2.05, 4.69) is 5.32 Å². The number of nitrogens with one attached hydrogen (secondary N) is 1. The molecular weight excluding hydrogens is 275 g/mol. The molecular formula is C15H19FN2O3. The lowest BCUT2D eigenvalue weighted by Crippen LogP contribution is -2.39. The molecule has 1 rings (SSSR count). The van der Waals surface area contributed by atoms with E-state index in [0.29, 0.717) is 12.1 Å². The highest BCUT2D eigenvalue weighted by Gasteiger charge is 2.14. The lowest BCUT2D eigenvalue weighted by Gasteiger charge is -2.18. The Bertz CT molecular complexity index is 556. The maximum atomic E-state index is 13.7. The van der Waals surface area contributed by atoms with Crippen molar-refractivity contribution in [2.75, 3.05) is 20.6 Å². The zero-order valence-electron chi connectivity index (χ0n) is 12.3. The fourth-order valence-electron chi connectivity index (χ4n) is 1.88. The summed E-state index contributed by atoms with van der Waals surface area (Å²) in [5.74, 6) is -2.27. The van der Waals surface area contributed by atoms with E-state index in [1.807, 2.05) is 25.9 Å². The van der Waals surface area contributed by atoms with Crippen LogP contribution in [0.15, 0.2) is 24.3 Å². The van der Waals surface area contributed by atoms with E-state index >= 15 is 0 Å². The second-order valence-corrected chi connectivity index (χ2v) is 5.05. The van der Waals surface area contributed by atoms with E-state index in [1.165, 1.54) is 18.2 Å². The number of likely N-dealkylation sites (N-methyl/N-ethyl adjacent to an activating group) is 1. The van der Waals surface area contributed by atoms with Crippen molar-refractivity contribution in [1.82, 2.24) is 10.2 Å². The Hall–Kier alpha value is -2.21. The van der Waals surface area contributed by atoms with Crippen molar-refractivity contribution >= 4 is 18.0 Å². The third kappa shape index (κ3) is 5.74. The lowest BCUT2D eigenvalue weighted by molar-refractivity contribution is -0.131. The number of nitrogens with zero attached hydrogens (tertiary/aromatic N) is 1. The molecule has 1 unspecified atom stereocenters. The summed E-state index contributed by atoms with van der Waals surface area (Å²) in [5, 5.41) is 11.3. The summed E-state index contributed by atoms with van der Waals surface area (Å²) in [6, 6.07) is 3.75. The average molecular weight is 294 g/mol. The van der Waals surface area contributed by atoms with Crippen LogP contribution in [0.1, 0.15) is 22.8 Å². The Morgan fingerprint density at radius 1 is 1.43 bits per heavy atom. The number of aliphatic carboxylic acids is 1. The third-order valence-electron chi connectivity index (χ3n) is 2.67. The van der Waals surface area contributed by atoms with Gasteiger partial charge in [0.1, 0.15) is 5.82 Å². The lowest BCUT2D eigenvalue weighted by atomic mass is 10.1. The molecule has 0 aliphatic carbocycles. The number of hydrogen-bond acceptors (Lipinski definition) is 3. The first kappa shape index (κ1) is 16.8. The number of amides is 1. The number of carboxylic acid groups (broad SMARTS) is 1. The first-order valence-corrected chi connectivity index (χ1v) is 6.45. The zero-order valence-corrected chi connectivity index (χ0v) is 12.3. The Morgan fingerprint density at radius 2 is 2.10 bits per heavy atom. The normalized spacial score (nSPS) is 12.6. The second kappa shape index (κ2) is 7.54. The quantitative estimate of drug-likeness (QED) is 0.782. The van der Waals surface area contributed by atoms with Crippen LogP contribution in [0.3, 0.4) is 0 Å². The van der Waals surface area contributed by atoms with E-state index in [-0.39, 0.29) is 11.6 Å². The smallest absolute Gasteiger partial charge is 0.328 e. The summed E-state index contributed by atoms with van der Waals surface area (Å²) in [5.41, 5.74) is 0.345. The van der Waals surface area contributed by atoms with E-state index in [1.54, 1.807) is 0 Å². The highest BCUT2D eigenvalue weighted by Crippen LogP contribution is 2.12. The van der Waals surface area contributed by atoms with Gasteiger partial charge in [0.05, 0.1) is 5.56 Å². The van der Waals surface area contributed by atoms with E-state index in [9.17, 15) is 14.0 Å². The summed E-state index contributed by atoms with van der Waals surface area (Å²) in [7, 11) is 3.75. The number of halogens is 1. The van der Waals surface area contributed by atoms with E-state index in [4.69, 9.17) is 5.11 Å². The van der Waals surface area contributed by atoms with Crippen LogP contribution in [0, 0.1) is 5.82 Å². The summed E-state index contributed by atoms with van der Waals surface area (Å²) in [6.45, 7) is 2.45. The maximum absolute atomic E-state index is 13.7. The molecule has 0 heterocycles. The van der Waals surface area contributed by atoms with Crippen LogP contribution < -0.4 is 5.32 Å². The SMILES string of the molecule is CC(CN(C)C)NC(=O)c1cc(/C=C/C(=O)O)ccc1F. The molecule has 0 saturated heterocycles. The molecule has 114 valence electrons. The maximum Gasteiger partial charge on any atom is 0.328 e. The minimum Gasteiger partial charge on any atom is -0.478 e. The second-order valence-electron chi connectivity index (χ2n) is 5.05. The molecule has 1 aromatic rings. The van der Waals surface area contributed by atoms with Crippen LogP contribution in [0.4, 0.5) is 4.39 Å². The van der Waals surface area contributed by atoms with Crippen molar-refractivity contribution < 1.29 is 19.1 Å². The van der Waals surface area contributed by atoms with Gasteiger partial charge in [0.2, 0.25) is 0 Å². The molecule has 0 fully saturated rings. The van der Waals surface area contributed by atoms with E-state index in [0.717, 1.165) is 12.1 Å². The molecule has 6 heteroatoms. The van der Waals surface area contributed by atoms with Crippen molar-refractivity contribution in [2.45, 2.75) is 13.0 Å². The van der Waals surface area contributed by atoms with Gasteiger partial charge in [-0.25, -0.2) is 9.18 Å². The molecule has 2 N–H and O–H groups in total. The Labute approximate surface area is 123 Å².